The smallest absolute Gasteiger partial charge is 0.162 e. The number of aliphatic hydroxyl groups excluding tert-OH is 1. The number of aliphatic hydroxyl groups is 1. The molecule has 0 atom stereocenters. The number of nitrogens with zero attached hydrogens (tertiary/aromatic N) is 2. The molecular weight excluding hydrogens is 901 g/mol. The maximum atomic E-state index is 12.3. The maximum Gasteiger partial charge on any atom is 0.162 e. The molecule has 1 N–H and O–H groups in total. The van der Waals surface area contributed by atoms with Gasteiger partial charge in [0.2, 0.25) is 0 Å². The van der Waals surface area contributed by atoms with Gasteiger partial charge in [0.05, 0.1) is 5.76 Å². The third kappa shape index (κ3) is 10.2. The van der Waals surface area contributed by atoms with Crippen LogP contribution in [0.3, 0.4) is 0 Å². The zero-order valence-corrected chi connectivity index (χ0v) is 40.5. The number of fused-ring (bicyclic) bond motifs is 4. The summed E-state index contributed by atoms with van der Waals surface area (Å²) in [6, 6.07) is 21.8. The molecule has 6 heteroatoms. The summed E-state index contributed by atoms with van der Waals surface area (Å²) in [5, 5.41) is 12.7. The molecule has 2 heterocycles. The molecule has 1 aliphatic rings. The van der Waals surface area contributed by atoms with Crippen LogP contribution in [0.1, 0.15) is 108 Å². The summed E-state index contributed by atoms with van der Waals surface area (Å²) in [6.45, 7) is 30.4. The van der Waals surface area contributed by atoms with E-state index < -0.39 is 13.3 Å². The molecule has 54 heavy (non-hydrogen) atoms. The van der Waals surface area contributed by atoms with Crippen molar-refractivity contribution in [3.05, 3.63) is 83.9 Å². The first-order chi connectivity index (χ1) is 24.5. The summed E-state index contributed by atoms with van der Waals surface area (Å²) in [5.74, 6) is 6.64. The van der Waals surface area contributed by atoms with Crippen molar-refractivity contribution in [2.75, 3.05) is 0 Å². The van der Waals surface area contributed by atoms with Gasteiger partial charge in [-0.2, -0.15) is 0 Å². The first kappa shape index (κ1) is 45.8. The number of benzene rings is 3. The van der Waals surface area contributed by atoms with Gasteiger partial charge in [-0.3, -0.25) is 4.79 Å². The molecule has 0 spiro atoms. The molecule has 1 radical (unpaired) electrons. The first-order valence-corrected chi connectivity index (χ1v) is 26.1. The number of carbonyl (C=O) groups excluding carboxylic acids is 1. The van der Waals surface area contributed by atoms with Crippen molar-refractivity contribution in [1.29, 1.82) is 0 Å². The monoisotopic (exact) mass is 970 g/mol. The van der Waals surface area contributed by atoms with Crippen molar-refractivity contribution < 1.29 is 30.0 Å². The van der Waals surface area contributed by atoms with Gasteiger partial charge in [0.25, 0.3) is 0 Å². The fourth-order valence-corrected chi connectivity index (χ4v) is 15.6. The Morgan fingerprint density at radius 3 is 1.89 bits per heavy atom. The predicted molar refractivity (Wildman–Crippen MR) is 230 cm³/mol. The van der Waals surface area contributed by atoms with Crippen LogP contribution in [0.4, 0.5) is 0 Å². The zero-order valence-electron chi connectivity index (χ0n) is 36.0. The third-order valence-electron chi connectivity index (χ3n) is 10.9. The van der Waals surface area contributed by atoms with E-state index in [1.54, 1.807) is 6.33 Å². The molecule has 295 valence electrons. The minimum Gasteiger partial charge on any atom is -0.512 e. The standard InChI is InChI=1S/C31H35GeN2.C17H32O2.Ir/c1-30(2,3)18-20-13-14-24-26(15-20)32(7,8)27-28(33-19-34-29(24)27)22-16-21-11-9-10-12-23(21)25(17-22)31(4,5)6;1-10(2)16(11(3)4)14(18)9-15(19)17(12(5)6)13(7)8;/h9-15,17,19H,18H2,1-8H3;9-13,16-18H,1-8H3;/q-1;;/b;14-9-;. The van der Waals surface area contributed by atoms with Crippen LogP contribution < -0.4 is 8.79 Å². The fourth-order valence-electron chi connectivity index (χ4n) is 8.75. The zero-order chi connectivity index (χ0) is 39.8. The van der Waals surface area contributed by atoms with Gasteiger partial charge >= 0.3 is 208 Å². The van der Waals surface area contributed by atoms with Gasteiger partial charge in [-0.05, 0) is 23.7 Å². The minimum atomic E-state index is -2.62. The molecular formula is C48H67GeIrN2O2-. The maximum absolute atomic E-state index is 12.3. The van der Waals surface area contributed by atoms with Gasteiger partial charge in [0.15, 0.2) is 5.78 Å². The molecule has 4 nitrogen and oxygen atoms in total. The number of carbonyl (C=O) groups is 1. The quantitative estimate of drug-likeness (QED) is 0.0786. The van der Waals surface area contributed by atoms with Crippen molar-refractivity contribution in [2.24, 2.45) is 40.9 Å². The SMILES string of the molecule is CC(C)(C)Cc1ccc2[c](c1)[Ge]([CH3])([CH3])[c]1c(-c3[c-]c4ccccc4c(C(C)(C)C)c3)ncnc1-2.CC(C)C(C(=O)/C=C(\O)C(C(C)C)C(C)C)C(C)C.[Ir]. The molecule has 3 aromatic carbocycles. The van der Waals surface area contributed by atoms with E-state index in [0.29, 0.717) is 23.7 Å². The number of hydrogen-bond donors (Lipinski definition) is 1. The van der Waals surface area contributed by atoms with Gasteiger partial charge in [-0.25, -0.2) is 0 Å². The van der Waals surface area contributed by atoms with Crippen LogP contribution in [0.25, 0.3) is 33.3 Å². The summed E-state index contributed by atoms with van der Waals surface area (Å²) >= 11 is -2.62. The Morgan fingerprint density at radius 2 is 1.35 bits per heavy atom. The Morgan fingerprint density at radius 1 is 0.796 bits per heavy atom. The van der Waals surface area contributed by atoms with Crippen LogP contribution in [-0.4, -0.2) is 34.1 Å². The Kier molecular flexibility index (Phi) is 15.0. The molecule has 1 aromatic heterocycles. The molecule has 0 saturated carbocycles. The number of allylic oxidation sites excluding steroid dienone is 2. The van der Waals surface area contributed by atoms with Crippen molar-refractivity contribution in [1.82, 2.24) is 9.97 Å². The second kappa shape index (κ2) is 17.7. The Balaban J connectivity index is 0.000000338. The van der Waals surface area contributed by atoms with E-state index in [-0.39, 0.29) is 54.3 Å². The topological polar surface area (TPSA) is 63.1 Å². The van der Waals surface area contributed by atoms with Crippen LogP contribution in [0.2, 0.25) is 11.5 Å². The average molecular weight is 969 g/mol. The van der Waals surface area contributed by atoms with E-state index >= 15 is 0 Å². The van der Waals surface area contributed by atoms with Gasteiger partial charge < -0.3 is 5.11 Å². The van der Waals surface area contributed by atoms with Crippen molar-refractivity contribution in [2.45, 2.75) is 120 Å². The van der Waals surface area contributed by atoms with Gasteiger partial charge in [0.1, 0.15) is 0 Å². The number of hydrogen-bond acceptors (Lipinski definition) is 4. The third-order valence-corrected chi connectivity index (χ3v) is 18.2. The molecule has 5 rings (SSSR count). The van der Waals surface area contributed by atoms with E-state index in [9.17, 15) is 9.90 Å². The molecule has 4 aromatic rings. The van der Waals surface area contributed by atoms with Crippen molar-refractivity contribution in [3.8, 4) is 22.5 Å². The molecule has 0 unspecified atom stereocenters. The van der Waals surface area contributed by atoms with Gasteiger partial charge in [-0.15, -0.1) is 0 Å². The predicted octanol–water partition coefficient (Wildman–Crippen LogP) is 11.6. The van der Waals surface area contributed by atoms with Crippen LogP contribution >= 0.6 is 0 Å². The average Bonchev–Trinajstić information content (AvgIpc) is 3.24. The number of rotatable bonds is 9. The fraction of sp³-hybridized carbons (Fsp3) is 0.521. The van der Waals surface area contributed by atoms with E-state index in [2.05, 4.69) is 163 Å². The van der Waals surface area contributed by atoms with Crippen LogP contribution in [0, 0.1) is 47.0 Å². The Labute approximate surface area is 344 Å². The second-order valence-electron chi connectivity index (χ2n) is 19.6. The summed E-state index contributed by atoms with van der Waals surface area (Å²) in [5.41, 5.74) is 7.72. The van der Waals surface area contributed by atoms with E-state index in [1.165, 1.54) is 36.9 Å². The van der Waals surface area contributed by atoms with Crippen LogP contribution in [0.15, 0.2) is 66.7 Å². The first-order valence-electron chi connectivity index (χ1n) is 19.8. The number of aromatic nitrogens is 2. The van der Waals surface area contributed by atoms with E-state index in [0.717, 1.165) is 28.8 Å². The summed E-state index contributed by atoms with van der Waals surface area (Å²) < 4.78 is 2.94. The molecule has 0 amide bonds. The van der Waals surface area contributed by atoms with Crippen LogP contribution in [0.5, 0.6) is 0 Å². The molecule has 0 aliphatic carbocycles. The van der Waals surface area contributed by atoms with Crippen molar-refractivity contribution >= 4 is 38.6 Å². The van der Waals surface area contributed by atoms with Gasteiger partial charge in [-0.1, -0.05) is 55.4 Å². The number of ketones is 1. The second-order valence-corrected chi connectivity index (χ2v) is 28.6. The molecule has 1 aliphatic heterocycles. The molecule has 0 bridgehead atoms. The van der Waals surface area contributed by atoms with Gasteiger partial charge in [0, 0.05) is 38.0 Å². The summed E-state index contributed by atoms with van der Waals surface area (Å²) in [7, 11) is 0. The Hall–Kier alpha value is -2.60. The molecule has 0 saturated heterocycles. The van der Waals surface area contributed by atoms with E-state index in [1.807, 2.05) is 0 Å². The van der Waals surface area contributed by atoms with Crippen LogP contribution in [-0.2, 0) is 36.7 Å². The normalized spacial score (nSPS) is 14.1. The molecule has 0 fully saturated rings. The summed E-state index contributed by atoms with van der Waals surface area (Å²) in [4.78, 5) is 22.1. The van der Waals surface area contributed by atoms with Crippen molar-refractivity contribution in [3.63, 3.8) is 0 Å². The minimum absolute atomic E-state index is 0. The Bertz CT molecular complexity index is 1940. The van der Waals surface area contributed by atoms with E-state index in [4.69, 9.17) is 9.97 Å². The largest absolute Gasteiger partial charge is 0.512 e. The summed E-state index contributed by atoms with van der Waals surface area (Å²) in [6.07, 6.45) is 4.32.